The molecule has 0 bridgehead atoms. The van der Waals surface area contributed by atoms with E-state index in [-0.39, 0.29) is 23.9 Å². The topological polar surface area (TPSA) is 79.3 Å². The third-order valence-electron chi connectivity index (χ3n) is 4.60. The molecule has 0 unspecified atom stereocenters. The summed E-state index contributed by atoms with van der Waals surface area (Å²) in [5, 5.41) is 7.96. The first-order valence-electron chi connectivity index (χ1n) is 8.86. The summed E-state index contributed by atoms with van der Waals surface area (Å²) >= 11 is 1.58. The van der Waals surface area contributed by atoms with Gasteiger partial charge in [-0.05, 0) is 24.8 Å². The summed E-state index contributed by atoms with van der Waals surface area (Å²) < 4.78 is 1.96. The molecule has 0 aliphatic carbocycles. The Morgan fingerprint density at radius 2 is 2.27 bits per heavy atom. The van der Waals surface area contributed by atoms with E-state index in [0.29, 0.717) is 32.5 Å². The molecule has 0 radical (unpaired) electrons. The van der Waals surface area contributed by atoms with E-state index in [1.807, 2.05) is 42.2 Å². The minimum atomic E-state index is -0.251. The van der Waals surface area contributed by atoms with Crippen LogP contribution in [-0.4, -0.2) is 51.4 Å². The van der Waals surface area contributed by atoms with Crippen molar-refractivity contribution in [2.45, 2.75) is 38.4 Å². The van der Waals surface area contributed by atoms with E-state index in [9.17, 15) is 9.59 Å². The van der Waals surface area contributed by atoms with Crippen molar-refractivity contribution in [1.29, 1.82) is 0 Å². The minimum Gasteiger partial charge on any atom is -0.355 e. The molecule has 8 heteroatoms. The molecular weight excluding hydrogens is 350 g/mol. The minimum absolute atomic E-state index is 0.00550. The second kappa shape index (κ2) is 8.46. The Morgan fingerprint density at radius 3 is 2.92 bits per heavy atom. The average molecular weight is 375 g/mol. The van der Waals surface area contributed by atoms with Crippen LogP contribution >= 0.6 is 11.3 Å². The second-order valence-electron chi connectivity index (χ2n) is 6.55. The summed E-state index contributed by atoms with van der Waals surface area (Å²) in [5.41, 5.74) is 0. The first kappa shape index (κ1) is 18.6. The number of nitrogens with zero attached hydrogens (tertiary/aromatic N) is 3. The summed E-state index contributed by atoms with van der Waals surface area (Å²) in [6, 6.07) is 3.63. The quantitative estimate of drug-likeness (QED) is 0.754. The van der Waals surface area contributed by atoms with Gasteiger partial charge in [0.15, 0.2) is 0 Å². The lowest BCUT2D eigenvalue weighted by Crippen LogP contribution is -2.43. The van der Waals surface area contributed by atoms with Gasteiger partial charge in [0.2, 0.25) is 11.8 Å². The van der Waals surface area contributed by atoms with Crippen LogP contribution in [0.1, 0.15) is 24.0 Å². The molecule has 2 atom stereocenters. The molecule has 1 aliphatic rings. The molecule has 2 aromatic rings. The van der Waals surface area contributed by atoms with Gasteiger partial charge in [-0.3, -0.25) is 14.5 Å². The maximum absolute atomic E-state index is 12.5. The van der Waals surface area contributed by atoms with Crippen molar-refractivity contribution in [2.24, 2.45) is 7.05 Å². The van der Waals surface area contributed by atoms with Gasteiger partial charge in [0.05, 0.1) is 19.0 Å². The number of aromatic nitrogens is 2. The highest BCUT2D eigenvalue weighted by Gasteiger charge is 2.37. The van der Waals surface area contributed by atoms with E-state index in [1.54, 1.807) is 17.5 Å². The van der Waals surface area contributed by atoms with Crippen LogP contribution in [0.5, 0.6) is 0 Å². The third kappa shape index (κ3) is 4.50. The number of carbonyl (C=O) groups is 2. The average Bonchev–Trinajstić information content (AvgIpc) is 3.31. The van der Waals surface area contributed by atoms with E-state index in [2.05, 4.69) is 20.5 Å². The number of likely N-dealkylation sites (N-methyl/N-ethyl adjacent to an activating group) is 1. The fourth-order valence-corrected chi connectivity index (χ4v) is 4.03. The molecule has 2 aromatic heterocycles. The summed E-state index contributed by atoms with van der Waals surface area (Å²) in [6.07, 6.45) is 4.66. The highest BCUT2D eigenvalue weighted by atomic mass is 32.1. The molecule has 7 nitrogen and oxygen atoms in total. The molecule has 140 valence electrons. The van der Waals surface area contributed by atoms with Gasteiger partial charge in [0.25, 0.3) is 0 Å². The molecule has 2 N–H and O–H groups in total. The summed E-state index contributed by atoms with van der Waals surface area (Å²) in [6.45, 7) is 3.74. The predicted octanol–water partition coefficient (Wildman–Crippen LogP) is 0.919. The molecule has 0 aromatic carbocycles. The Hall–Kier alpha value is -2.19. The maximum atomic E-state index is 12.5. The lowest BCUT2D eigenvalue weighted by molar-refractivity contribution is -0.125. The third-order valence-corrected chi connectivity index (χ3v) is 5.48. The highest BCUT2D eigenvalue weighted by molar-refractivity contribution is 7.10. The van der Waals surface area contributed by atoms with Gasteiger partial charge in [-0.15, -0.1) is 11.3 Å². The van der Waals surface area contributed by atoms with Gasteiger partial charge in [-0.25, -0.2) is 4.98 Å². The molecule has 3 rings (SSSR count). The van der Waals surface area contributed by atoms with Crippen LogP contribution in [0.4, 0.5) is 0 Å². The number of carbonyl (C=O) groups excluding carboxylic acids is 2. The zero-order chi connectivity index (χ0) is 18.5. The van der Waals surface area contributed by atoms with Crippen molar-refractivity contribution < 1.29 is 9.59 Å². The first-order valence-corrected chi connectivity index (χ1v) is 9.74. The normalized spacial score (nSPS) is 20.2. The largest absolute Gasteiger partial charge is 0.355 e. The number of hydrogen-bond acceptors (Lipinski definition) is 5. The van der Waals surface area contributed by atoms with Crippen LogP contribution in [0.2, 0.25) is 0 Å². The number of likely N-dealkylation sites (tertiary alicyclic amines) is 1. The summed E-state index contributed by atoms with van der Waals surface area (Å²) in [4.78, 5) is 32.3. The zero-order valence-corrected chi connectivity index (χ0v) is 16.0. The second-order valence-corrected chi connectivity index (χ2v) is 7.58. The molecule has 26 heavy (non-hydrogen) atoms. The number of rotatable bonds is 7. The lowest BCUT2D eigenvalue weighted by Gasteiger charge is -2.22. The number of aryl methyl sites for hydroxylation is 1. The molecule has 3 heterocycles. The van der Waals surface area contributed by atoms with Gasteiger partial charge < -0.3 is 15.2 Å². The lowest BCUT2D eigenvalue weighted by atomic mass is 10.1. The van der Waals surface area contributed by atoms with Gasteiger partial charge in [-0.2, -0.15) is 0 Å². The van der Waals surface area contributed by atoms with Crippen molar-refractivity contribution in [3.63, 3.8) is 0 Å². The Morgan fingerprint density at radius 1 is 1.42 bits per heavy atom. The zero-order valence-electron chi connectivity index (χ0n) is 15.1. The fraction of sp³-hybridized carbons (Fsp3) is 0.500. The Balaban J connectivity index is 1.64. The van der Waals surface area contributed by atoms with Crippen LogP contribution < -0.4 is 10.6 Å². The number of imidazole rings is 1. The molecule has 1 saturated heterocycles. The number of hydrogen-bond donors (Lipinski definition) is 2. The van der Waals surface area contributed by atoms with Crippen LogP contribution in [0.3, 0.4) is 0 Å². The molecular formula is C18H25N5O2S. The summed E-state index contributed by atoms with van der Waals surface area (Å²) in [7, 11) is 1.94. The van der Waals surface area contributed by atoms with Gasteiger partial charge in [0, 0.05) is 43.4 Å². The standard InChI is InChI=1S/C18H25N5O2S/c1-3-19-18(25)15-9-13(21-17(24)10-14-5-4-8-26-14)11-23(15)12-16-20-6-7-22(16)2/h4-8,13,15H,3,9-12H2,1-2H3,(H,19,25)(H,21,24)/t13-,15+/m1/s1. The smallest absolute Gasteiger partial charge is 0.237 e. The molecule has 0 spiro atoms. The van der Waals surface area contributed by atoms with Crippen LogP contribution in [0.25, 0.3) is 0 Å². The first-order chi connectivity index (χ1) is 12.6. The molecule has 2 amide bonds. The van der Waals surface area contributed by atoms with Crippen molar-refractivity contribution >= 4 is 23.2 Å². The SMILES string of the molecule is CCNC(=O)[C@@H]1C[C@@H](NC(=O)Cc2cccs2)CN1Cc1nccn1C. The van der Waals surface area contributed by atoms with Gasteiger partial charge in [-0.1, -0.05) is 6.07 Å². The number of amides is 2. The predicted molar refractivity (Wildman–Crippen MR) is 101 cm³/mol. The molecule has 1 aliphatic heterocycles. The van der Waals surface area contributed by atoms with Gasteiger partial charge >= 0.3 is 0 Å². The highest BCUT2D eigenvalue weighted by Crippen LogP contribution is 2.21. The number of thiophene rings is 1. The van der Waals surface area contributed by atoms with Crippen molar-refractivity contribution in [3.8, 4) is 0 Å². The number of nitrogens with one attached hydrogen (secondary N) is 2. The van der Waals surface area contributed by atoms with E-state index in [4.69, 9.17) is 0 Å². The van der Waals surface area contributed by atoms with E-state index < -0.39 is 0 Å². The van der Waals surface area contributed by atoms with Crippen molar-refractivity contribution in [3.05, 3.63) is 40.6 Å². The van der Waals surface area contributed by atoms with Crippen LogP contribution in [0.15, 0.2) is 29.9 Å². The van der Waals surface area contributed by atoms with Crippen LogP contribution in [0, 0.1) is 0 Å². The molecule has 0 saturated carbocycles. The van der Waals surface area contributed by atoms with E-state index >= 15 is 0 Å². The van der Waals surface area contributed by atoms with Crippen LogP contribution in [-0.2, 0) is 29.6 Å². The van der Waals surface area contributed by atoms with Crippen molar-refractivity contribution in [2.75, 3.05) is 13.1 Å². The van der Waals surface area contributed by atoms with E-state index in [1.165, 1.54) is 0 Å². The van der Waals surface area contributed by atoms with E-state index in [0.717, 1.165) is 10.7 Å². The van der Waals surface area contributed by atoms with Gasteiger partial charge in [0.1, 0.15) is 5.82 Å². The Labute approximate surface area is 157 Å². The Kier molecular flexibility index (Phi) is 6.05. The maximum Gasteiger partial charge on any atom is 0.237 e. The molecule has 1 fully saturated rings. The fourth-order valence-electron chi connectivity index (χ4n) is 3.33. The monoisotopic (exact) mass is 375 g/mol. The van der Waals surface area contributed by atoms with Crippen molar-refractivity contribution in [1.82, 2.24) is 25.1 Å². The Bertz CT molecular complexity index is 743. The summed E-state index contributed by atoms with van der Waals surface area (Å²) in [5.74, 6) is 0.924.